The Hall–Kier alpha value is -3.25. The van der Waals surface area contributed by atoms with Gasteiger partial charge >= 0.3 is 0 Å². The minimum Gasteiger partial charge on any atom is -0.497 e. The maximum absolute atomic E-state index is 5.17. The van der Waals surface area contributed by atoms with Crippen LogP contribution < -0.4 is 10.1 Å². The summed E-state index contributed by atoms with van der Waals surface area (Å²) in [4.78, 5) is 4.36. The highest BCUT2D eigenvalue weighted by atomic mass is 16.5. The number of hydrogen-bond donors (Lipinski definition) is 1. The first-order valence-electron chi connectivity index (χ1n) is 7.28. The molecule has 1 aromatic heterocycles. The molecule has 0 aliphatic rings. The first kappa shape index (κ1) is 14.7. The third-order valence-corrected chi connectivity index (χ3v) is 3.28. The van der Waals surface area contributed by atoms with E-state index in [-0.39, 0.29) is 0 Å². The molecule has 0 amide bonds. The van der Waals surface area contributed by atoms with E-state index >= 15 is 0 Å². The lowest BCUT2D eigenvalue weighted by molar-refractivity contribution is 0.415. The van der Waals surface area contributed by atoms with Gasteiger partial charge in [0.1, 0.15) is 11.4 Å². The number of anilines is 2. The van der Waals surface area contributed by atoms with E-state index in [1.54, 1.807) is 13.3 Å². The zero-order valence-electron chi connectivity index (χ0n) is 12.8. The number of hydrogen-bond acceptors (Lipinski definition) is 3. The van der Waals surface area contributed by atoms with Gasteiger partial charge in [0.2, 0.25) is 0 Å². The van der Waals surface area contributed by atoms with Crippen LogP contribution in [0.25, 0.3) is 0 Å². The van der Waals surface area contributed by atoms with Crippen molar-refractivity contribution in [2.75, 3.05) is 12.4 Å². The van der Waals surface area contributed by atoms with Gasteiger partial charge in [0.25, 0.3) is 0 Å². The van der Waals surface area contributed by atoms with Crippen LogP contribution in [0.5, 0.6) is 5.75 Å². The summed E-state index contributed by atoms with van der Waals surface area (Å²) in [6.45, 7) is 0. The van der Waals surface area contributed by atoms with Crippen LogP contribution in [-0.2, 0) is 0 Å². The second-order valence-electron chi connectivity index (χ2n) is 4.87. The van der Waals surface area contributed by atoms with Crippen LogP contribution in [0.15, 0.2) is 72.9 Å². The Morgan fingerprint density at radius 2 is 1.65 bits per heavy atom. The van der Waals surface area contributed by atoms with E-state index in [1.807, 2.05) is 66.7 Å². The molecule has 0 saturated heterocycles. The Bertz CT molecular complexity index is 831. The van der Waals surface area contributed by atoms with Crippen molar-refractivity contribution in [1.82, 2.24) is 4.98 Å². The lowest BCUT2D eigenvalue weighted by Crippen LogP contribution is -1.95. The molecule has 0 saturated carbocycles. The summed E-state index contributed by atoms with van der Waals surface area (Å²) < 4.78 is 5.17. The minimum atomic E-state index is 0.715. The summed E-state index contributed by atoms with van der Waals surface area (Å²) in [7, 11) is 1.65. The summed E-state index contributed by atoms with van der Waals surface area (Å²) in [6, 6.07) is 21.5. The van der Waals surface area contributed by atoms with Gasteiger partial charge in [-0.05, 0) is 54.5 Å². The van der Waals surface area contributed by atoms with Gasteiger partial charge in [-0.3, -0.25) is 0 Å². The molecular weight excluding hydrogens is 284 g/mol. The lowest BCUT2D eigenvalue weighted by Gasteiger charge is -2.08. The third kappa shape index (κ3) is 3.90. The number of ether oxygens (including phenoxy) is 1. The first-order chi connectivity index (χ1) is 11.3. The van der Waals surface area contributed by atoms with E-state index in [1.165, 1.54) is 0 Å². The van der Waals surface area contributed by atoms with Crippen molar-refractivity contribution in [2.24, 2.45) is 0 Å². The van der Waals surface area contributed by atoms with Crippen molar-refractivity contribution in [1.29, 1.82) is 0 Å². The summed E-state index contributed by atoms with van der Waals surface area (Å²) >= 11 is 0. The maximum atomic E-state index is 5.17. The van der Waals surface area contributed by atoms with Gasteiger partial charge in [-0.25, -0.2) is 4.98 Å². The van der Waals surface area contributed by atoms with E-state index in [4.69, 9.17) is 4.74 Å². The van der Waals surface area contributed by atoms with E-state index in [0.717, 1.165) is 22.7 Å². The topological polar surface area (TPSA) is 34.1 Å². The average molecular weight is 300 g/mol. The Morgan fingerprint density at radius 1 is 0.870 bits per heavy atom. The molecule has 0 aliphatic carbocycles. The Kier molecular flexibility index (Phi) is 4.56. The molecule has 1 N–H and O–H groups in total. The summed E-state index contributed by atoms with van der Waals surface area (Å²) in [5.74, 6) is 7.08. The van der Waals surface area contributed by atoms with Crippen LogP contribution >= 0.6 is 0 Å². The van der Waals surface area contributed by atoms with Gasteiger partial charge in [-0.1, -0.05) is 24.1 Å². The fourth-order valence-electron chi connectivity index (χ4n) is 2.09. The molecule has 3 aromatic rings. The molecule has 0 spiro atoms. The molecule has 23 heavy (non-hydrogen) atoms. The molecule has 3 rings (SSSR count). The van der Waals surface area contributed by atoms with Gasteiger partial charge in [0.05, 0.1) is 12.8 Å². The lowest BCUT2D eigenvalue weighted by atomic mass is 10.2. The molecule has 0 aliphatic heterocycles. The highest BCUT2D eigenvalue weighted by Gasteiger charge is 2.01. The van der Waals surface area contributed by atoms with Crippen LogP contribution in [0, 0.1) is 11.8 Å². The zero-order chi connectivity index (χ0) is 15.9. The number of pyridine rings is 1. The first-order valence-corrected chi connectivity index (χ1v) is 7.28. The van der Waals surface area contributed by atoms with Gasteiger partial charge in [-0.2, -0.15) is 0 Å². The summed E-state index contributed by atoms with van der Waals surface area (Å²) in [6.07, 6.45) is 1.74. The monoisotopic (exact) mass is 300 g/mol. The minimum absolute atomic E-state index is 0.715. The number of nitrogens with zero attached hydrogens (tertiary/aromatic N) is 1. The smallest absolute Gasteiger partial charge is 0.136 e. The standard InChI is InChI=1S/C20H16N2O/c1-23-18-12-10-17(11-13-18)22-20-8-5-15-21-19(20)14-9-16-6-3-2-4-7-16/h2-8,10-13,15,22H,1H3. The predicted octanol–water partition coefficient (Wildman–Crippen LogP) is 4.23. The molecule has 3 heteroatoms. The van der Waals surface area contributed by atoms with E-state index in [9.17, 15) is 0 Å². The molecule has 0 radical (unpaired) electrons. The predicted molar refractivity (Wildman–Crippen MR) is 92.9 cm³/mol. The largest absolute Gasteiger partial charge is 0.497 e. The molecule has 0 atom stereocenters. The second-order valence-corrected chi connectivity index (χ2v) is 4.87. The van der Waals surface area contributed by atoms with Gasteiger partial charge in [-0.15, -0.1) is 0 Å². The average Bonchev–Trinajstić information content (AvgIpc) is 2.62. The van der Waals surface area contributed by atoms with Crippen molar-refractivity contribution in [3.05, 3.63) is 84.2 Å². The van der Waals surface area contributed by atoms with Gasteiger partial charge in [0, 0.05) is 17.4 Å². The van der Waals surface area contributed by atoms with Crippen molar-refractivity contribution in [2.45, 2.75) is 0 Å². The number of benzene rings is 2. The van der Waals surface area contributed by atoms with Crippen LogP contribution in [0.2, 0.25) is 0 Å². The van der Waals surface area contributed by atoms with Gasteiger partial charge in [0.15, 0.2) is 0 Å². The molecule has 3 nitrogen and oxygen atoms in total. The molecule has 1 heterocycles. The van der Waals surface area contributed by atoms with Crippen molar-refractivity contribution < 1.29 is 4.74 Å². The molecule has 112 valence electrons. The van der Waals surface area contributed by atoms with Crippen molar-refractivity contribution in [3.63, 3.8) is 0 Å². The molecule has 0 unspecified atom stereocenters. The second kappa shape index (κ2) is 7.15. The molecular formula is C20H16N2O. The number of rotatable bonds is 3. The van der Waals surface area contributed by atoms with E-state index in [0.29, 0.717) is 5.69 Å². The van der Waals surface area contributed by atoms with Crippen molar-refractivity contribution in [3.8, 4) is 17.6 Å². The Labute approximate surface area is 136 Å². The van der Waals surface area contributed by atoms with Crippen LogP contribution in [-0.4, -0.2) is 12.1 Å². The Morgan fingerprint density at radius 3 is 2.39 bits per heavy atom. The van der Waals surface area contributed by atoms with Gasteiger partial charge < -0.3 is 10.1 Å². The summed E-state index contributed by atoms with van der Waals surface area (Å²) in [5.41, 5.74) is 3.52. The highest BCUT2D eigenvalue weighted by Crippen LogP contribution is 2.21. The highest BCUT2D eigenvalue weighted by molar-refractivity contribution is 5.66. The fourth-order valence-corrected chi connectivity index (χ4v) is 2.09. The van der Waals surface area contributed by atoms with Crippen LogP contribution in [0.1, 0.15) is 11.3 Å². The van der Waals surface area contributed by atoms with Crippen LogP contribution in [0.3, 0.4) is 0 Å². The number of methoxy groups -OCH3 is 1. The SMILES string of the molecule is COc1ccc(Nc2cccnc2C#Cc2ccccc2)cc1. The molecule has 0 fully saturated rings. The quantitative estimate of drug-likeness (QED) is 0.735. The zero-order valence-corrected chi connectivity index (χ0v) is 12.8. The number of nitrogens with one attached hydrogen (secondary N) is 1. The fraction of sp³-hybridized carbons (Fsp3) is 0.0500. The molecule has 0 bridgehead atoms. The number of aromatic nitrogens is 1. The third-order valence-electron chi connectivity index (χ3n) is 3.28. The van der Waals surface area contributed by atoms with E-state index < -0.39 is 0 Å². The normalized spacial score (nSPS) is 9.61. The maximum Gasteiger partial charge on any atom is 0.136 e. The van der Waals surface area contributed by atoms with Crippen molar-refractivity contribution >= 4 is 11.4 Å². The summed E-state index contributed by atoms with van der Waals surface area (Å²) in [5, 5.41) is 3.34. The Balaban J connectivity index is 1.84. The van der Waals surface area contributed by atoms with E-state index in [2.05, 4.69) is 22.1 Å². The molecule has 2 aromatic carbocycles. The van der Waals surface area contributed by atoms with Crippen LogP contribution in [0.4, 0.5) is 11.4 Å².